The Morgan fingerprint density at radius 2 is 1.95 bits per heavy atom. The average Bonchev–Trinajstić information content (AvgIpc) is 2.98. The number of benzene rings is 2. The molecule has 2 atom stereocenters. The Balaban J connectivity index is 1.56. The monoisotopic (exact) mass is 288 g/mol. The van der Waals surface area contributed by atoms with Crippen molar-refractivity contribution in [1.29, 1.82) is 5.26 Å². The summed E-state index contributed by atoms with van der Waals surface area (Å²) in [6, 6.07) is 19.3. The summed E-state index contributed by atoms with van der Waals surface area (Å²) >= 11 is 0. The highest BCUT2D eigenvalue weighted by Gasteiger charge is 2.37. The Labute approximate surface area is 132 Å². The summed E-state index contributed by atoms with van der Waals surface area (Å²) in [6.45, 7) is 3.36. The van der Waals surface area contributed by atoms with Crippen LogP contribution in [0.25, 0.3) is 0 Å². The van der Waals surface area contributed by atoms with E-state index in [1.54, 1.807) is 0 Å². The molecule has 0 unspecified atom stereocenters. The van der Waals surface area contributed by atoms with E-state index < -0.39 is 0 Å². The Morgan fingerprint density at radius 1 is 1.09 bits per heavy atom. The molecule has 0 amide bonds. The van der Waals surface area contributed by atoms with E-state index in [1.165, 1.54) is 36.1 Å². The van der Waals surface area contributed by atoms with E-state index in [0.29, 0.717) is 5.92 Å². The van der Waals surface area contributed by atoms with Gasteiger partial charge in [-0.3, -0.25) is 4.90 Å². The third kappa shape index (κ3) is 2.42. The minimum Gasteiger partial charge on any atom is -0.298 e. The van der Waals surface area contributed by atoms with Crippen molar-refractivity contribution in [3.05, 3.63) is 70.8 Å². The van der Waals surface area contributed by atoms with Crippen LogP contribution in [0, 0.1) is 17.2 Å². The Bertz CT molecular complexity index is 714. The fraction of sp³-hybridized carbons (Fsp3) is 0.350. The molecule has 0 saturated carbocycles. The van der Waals surface area contributed by atoms with Crippen LogP contribution >= 0.6 is 0 Å². The van der Waals surface area contributed by atoms with Crippen molar-refractivity contribution in [1.82, 2.24) is 4.90 Å². The zero-order valence-electron chi connectivity index (χ0n) is 12.7. The summed E-state index contributed by atoms with van der Waals surface area (Å²) in [7, 11) is 0. The molecular weight excluding hydrogens is 268 g/mol. The number of rotatable bonds is 2. The van der Waals surface area contributed by atoms with E-state index in [9.17, 15) is 0 Å². The predicted octanol–water partition coefficient (Wildman–Crippen LogP) is 3.72. The molecule has 1 aliphatic heterocycles. The third-order valence-corrected chi connectivity index (χ3v) is 5.22. The van der Waals surface area contributed by atoms with Gasteiger partial charge in [0.25, 0.3) is 0 Å². The molecule has 0 N–H and O–H groups in total. The maximum atomic E-state index is 9.17. The summed E-state index contributed by atoms with van der Waals surface area (Å²) in [5, 5.41) is 9.17. The van der Waals surface area contributed by atoms with Gasteiger partial charge in [0, 0.05) is 25.6 Å². The molecule has 0 radical (unpaired) electrons. The van der Waals surface area contributed by atoms with Crippen LogP contribution in [-0.2, 0) is 13.0 Å². The summed E-state index contributed by atoms with van der Waals surface area (Å²) in [5.41, 5.74) is 5.10. The van der Waals surface area contributed by atoms with E-state index in [4.69, 9.17) is 5.26 Å². The molecule has 1 heterocycles. The van der Waals surface area contributed by atoms with Gasteiger partial charge in [0.05, 0.1) is 11.6 Å². The molecule has 110 valence electrons. The molecule has 1 fully saturated rings. The van der Waals surface area contributed by atoms with E-state index in [1.807, 2.05) is 6.07 Å². The van der Waals surface area contributed by atoms with Crippen LogP contribution in [0.1, 0.15) is 34.6 Å². The van der Waals surface area contributed by atoms with Crippen molar-refractivity contribution < 1.29 is 0 Å². The molecule has 2 aliphatic rings. The maximum absolute atomic E-state index is 9.17. The van der Waals surface area contributed by atoms with Gasteiger partial charge >= 0.3 is 0 Å². The standard InChI is InChI=1S/C20H20N2/c21-11-16-6-7-17-8-9-18-13-22(14-20(18)19(17)10-16)12-15-4-2-1-3-5-15/h1-7,10,18,20H,8-9,12-14H2/t18-,20-/m1/s1. The number of likely N-dealkylation sites (tertiary alicyclic amines) is 1. The molecule has 1 aliphatic carbocycles. The molecule has 0 aromatic heterocycles. The van der Waals surface area contributed by atoms with Crippen molar-refractivity contribution in [3.63, 3.8) is 0 Å². The fourth-order valence-corrected chi connectivity index (χ4v) is 4.15. The first kappa shape index (κ1) is 13.5. The maximum Gasteiger partial charge on any atom is 0.0991 e. The lowest BCUT2D eigenvalue weighted by molar-refractivity contribution is 0.313. The molecular formula is C20H20N2. The van der Waals surface area contributed by atoms with E-state index >= 15 is 0 Å². The Morgan fingerprint density at radius 3 is 2.77 bits per heavy atom. The van der Waals surface area contributed by atoms with Crippen LogP contribution < -0.4 is 0 Å². The highest BCUT2D eigenvalue weighted by molar-refractivity contribution is 5.42. The van der Waals surface area contributed by atoms with Crippen LogP contribution in [0.3, 0.4) is 0 Å². The van der Waals surface area contributed by atoms with E-state index in [2.05, 4.69) is 53.4 Å². The van der Waals surface area contributed by atoms with E-state index in [0.717, 1.165) is 24.6 Å². The minimum absolute atomic E-state index is 0.612. The molecule has 1 saturated heterocycles. The van der Waals surface area contributed by atoms with Gasteiger partial charge in [0.1, 0.15) is 0 Å². The molecule has 4 rings (SSSR count). The summed E-state index contributed by atoms with van der Waals surface area (Å²) in [4.78, 5) is 2.58. The van der Waals surface area contributed by atoms with Crippen LogP contribution in [0.15, 0.2) is 48.5 Å². The lowest BCUT2D eigenvalue weighted by Gasteiger charge is -2.27. The fourth-order valence-electron chi connectivity index (χ4n) is 4.15. The van der Waals surface area contributed by atoms with Crippen LogP contribution in [0.2, 0.25) is 0 Å². The lowest BCUT2D eigenvalue weighted by Crippen LogP contribution is -2.20. The van der Waals surface area contributed by atoms with Crippen molar-refractivity contribution in [2.45, 2.75) is 25.3 Å². The molecule has 22 heavy (non-hydrogen) atoms. The topological polar surface area (TPSA) is 27.0 Å². The highest BCUT2D eigenvalue weighted by atomic mass is 15.2. The summed E-state index contributed by atoms with van der Waals surface area (Å²) in [5.74, 6) is 1.37. The zero-order valence-corrected chi connectivity index (χ0v) is 12.7. The SMILES string of the molecule is N#Cc1ccc2c(c1)[C@@H]1CN(Cc3ccccc3)C[C@H]1CC2. The van der Waals surface area contributed by atoms with Gasteiger partial charge in [-0.15, -0.1) is 0 Å². The number of fused-ring (bicyclic) bond motifs is 3. The summed E-state index contributed by atoms with van der Waals surface area (Å²) < 4.78 is 0. The normalized spacial score (nSPS) is 23.6. The quantitative estimate of drug-likeness (QED) is 0.842. The second-order valence-corrected chi connectivity index (χ2v) is 6.61. The van der Waals surface area contributed by atoms with Crippen molar-refractivity contribution in [2.24, 2.45) is 5.92 Å². The third-order valence-electron chi connectivity index (χ3n) is 5.22. The second kappa shape index (κ2) is 5.59. The molecule has 0 bridgehead atoms. The van der Waals surface area contributed by atoms with Gasteiger partial charge in [0.15, 0.2) is 0 Å². The largest absolute Gasteiger partial charge is 0.298 e. The Hall–Kier alpha value is -2.11. The first-order chi connectivity index (χ1) is 10.8. The number of nitrogens with zero attached hydrogens (tertiary/aromatic N) is 2. The lowest BCUT2D eigenvalue weighted by atomic mass is 9.76. The van der Waals surface area contributed by atoms with Gasteiger partial charge in [0.2, 0.25) is 0 Å². The van der Waals surface area contributed by atoms with Crippen LogP contribution in [0.5, 0.6) is 0 Å². The predicted molar refractivity (Wildman–Crippen MR) is 87.4 cm³/mol. The molecule has 2 nitrogen and oxygen atoms in total. The zero-order chi connectivity index (χ0) is 14.9. The van der Waals surface area contributed by atoms with E-state index in [-0.39, 0.29) is 0 Å². The number of aryl methyl sites for hydroxylation is 1. The van der Waals surface area contributed by atoms with Crippen molar-refractivity contribution in [3.8, 4) is 6.07 Å². The second-order valence-electron chi connectivity index (χ2n) is 6.61. The van der Waals surface area contributed by atoms with Gasteiger partial charge < -0.3 is 0 Å². The van der Waals surface area contributed by atoms with Crippen LogP contribution in [-0.4, -0.2) is 18.0 Å². The number of hydrogen-bond acceptors (Lipinski definition) is 2. The smallest absolute Gasteiger partial charge is 0.0991 e. The minimum atomic E-state index is 0.612. The molecule has 2 heteroatoms. The molecule has 0 spiro atoms. The van der Waals surface area contributed by atoms with Gasteiger partial charge in [-0.2, -0.15) is 5.26 Å². The average molecular weight is 288 g/mol. The van der Waals surface area contributed by atoms with Crippen molar-refractivity contribution >= 4 is 0 Å². The Kier molecular flexibility index (Phi) is 3.44. The first-order valence-corrected chi connectivity index (χ1v) is 8.12. The van der Waals surface area contributed by atoms with Gasteiger partial charge in [-0.05, 0) is 47.6 Å². The van der Waals surface area contributed by atoms with Gasteiger partial charge in [-0.1, -0.05) is 36.4 Å². The molecule has 2 aromatic carbocycles. The first-order valence-electron chi connectivity index (χ1n) is 8.12. The highest BCUT2D eigenvalue weighted by Crippen LogP contribution is 2.42. The number of hydrogen-bond donors (Lipinski definition) is 0. The molecule has 2 aromatic rings. The van der Waals surface area contributed by atoms with Crippen molar-refractivity contribution in [2.75, 3.05) is 13.1 Å². The summed E-state index contributed by atoms with van der Waals surface area (Å²) in [6.07, 6.45) is 2.45. The van der Waals surface area contributed by atoms with Gasteiger partial charge in [-0.25, -0.2) is 0 Å². The number of nitriles is 1. The van der Waals surface area contributed by atoms with Crippen LogP contribution in [0.4, 0.5) is 0 Å².